The van der Waals surface area contributed by atoms with Crippen LogP contribution in [-0.2, 0) is 4.79 Å². The van der Waals surface area contributed by atoms with E-state index in [4.69, 9.17) is 0 Å². The lowest BCUT2D eigenvalue weighted by atomic mass is 10.0. The van der Waals surface area contributed by atoms with Gasteiger partial charge in [0.25, 0.3) is 0 Å². The fraction of sp³-hybridized carbons (Fsp3) is 0.632. The van der Waals surface area contributed by atoms with Gasteiger partial charge in [0.15, 0.2) is 0 Å². The smallest absolute Gasteiger partial charge is 0.224 e. The van der Waals surface area contributed by atoms with Crippen LogP contribution in [0.3, 0.4) is 0 Å². The van der Waals surface area contributed by atoms with Crippen LogP contribution in [0.15, 0.2) is 24.3 Å². The molecule has 1 aromatic carbocycles. The Bertz CT molecular complexity index is 533. The monoisotopic (exact) mass is 336 g/mol. The maximum Gasteiger partial charge on any atom is 0.224 e. The highest BCUT2D eigenvalue weighted by Crippen LogP contribution is 2.21. The Morgan fingerprint density at radius 2 is 2.00 bits per heavy atom. The summed E-state index contributed by atoms with van der Waals surface area (Å²) in [6, 6.07) is 5.70. The van der Waals surface area contributed by atoms with Gasteiger partial charge in [-0.25, -0.2) is 4.39 Å². The zero-order valence-corrected chi connectivity index (χ0v) is 14.8. The zero-order chi connectivity index (χ0) is 17.7. The van der Waals surface area contributed by atoms with Gasteiger partial charge in [-0.1, -0.05) is 26.0 Å². The number of nitrogens with zero attached hydrogens (tertiary/aromatic N) is 1. The number of nitrogens with one attached hydrogen (secondary N) is 1. The summed E-state index contributed by atoms with van der Waals surface area (Å²) in [4.78, 5) is 14.7. The van der Waals surface area contributed by atoms with Gasteiger partial charge < -0.3 is 15.3 Å². The minimum atomic E-state index is -0.707. The van der Waals surface area contributed by atoms with Crippen LogP contribution in [0.1, 0.15) is 45.3 Å². The number of likely N-dealkylation sites (tertiary alicyclic amines) is 1. The lowest BCUT2D eigenvalue weighted by Crippen LogP contribution is -2.39. The first-order chi connectivity index (χ1) is 11.3. The summed E-state index contributed by atoms with van der Waals surface area (Å²) in [5.41, 5.74) is 0.668. The van der Waals surface area contributed by atoms with Gasteiger partial charge >= 0.3 is 0 Å². The van der Waals surface area contributed by atoms with Gasteiger partial charge in [0, 0.05) is 19.1 Å². The van der Waals surface area contributed by atoms with Gasteiger partial charge in [0.1, 0.15) is 5.82 Å². The number of carbonyl (C=O) groups is 1. The van der Waals surface area contributed by atoms with Crippen LogP contribution >= 0.6 is 0 Å². The van der Waals surface area contributed by atoms with E-state index in [2.05, 4.69) is 24.1 Å². The standard InChI is InChI=1S/C19H29FN2O2/c1-13(2)11-22-9-8-16(12-22)19(24)21-14(3)10-18(23)15-4-6-17(20)7-5-15/h4-7,13-14,16,18,23H,8-12H2,1-3H3,(H,21,24). The molecule has 2 rings (SSSR count). The molecule has 1 saturated heterocycles. The third kappa shape index (κ3) is 5.56. The van der Waals surface area contributed by atoms with Crippen LogP contribution in [0.5, 0.6) is 0 Å². The van der Waals surface area contributed by atoms with Crippen molar-refractivity contribution in [3.8, 4) is 0 Å². The Labute approximate surface area is 144 Å². The van der Waals surface area contributed by atoms with Crippen LogP contribution in [0, 0.1) is 17.7 Å². The number of hydrogen-bond donors (Lipinski definition) is 2. The number of benzene rings is 1. The van der Waals surface area contributed by atoms with E-state index in [1.165, 1.54) is 12.1 Å². The second-order valence-electron chi connectivity index (χ2n) is 7.35. The molecule has 5 heteroatoms. The molecular weight excluding hydrogens is 307 g/mol. The van der Waals surface area contributed by atoms with Crippen LogP contribution in [0.4, 0.5) is 4.39 Å². The van der Waals surface area contributed by atoms with E-state index in [1.54, 1.807) is 12.1 Å². The van der Waals surface area contributed by atoms with Crippen molar-refractivity contribution in [3.63, 3.8) is 0 Å². The molecule has 3 unspecified atom stereocenters. The number of aliphatic hydroxyl groups is 1. The molecular formula is C19H29FN2O2. The van der Waals surface area contributed by atoms with Crippen LogP contribution in [-0.4, -0.2) is 41.6 Å². The lowest BCUT2D eigenvalue weighted by Gasteiger charge is -2.21. The first-order valence-corrected chi connectivity index (χ1v) is 8.81. The molecule has 0 aromatic heterocycles. The summed E-state index contributed by atoms with van der Waals surface area (Å²) in [6.45, 7) is 9.09. The topological polar surface area (TPSA) is 52.6 Å². The predicted octanol–water partition coefficient (Wildman–Crippen LogP) is 2.73. The van der Waals surface area contributed by atoms with E-state index >= 15 is 0 Å². The third-order valence-corrected chi connectivity index (χ3v) is 4.49. The normalized spacial score (nSPS) is 21.0. The molecule has 1 aliphatic rings. The molecule has 0 spiro atoms. The van der Waals surface area contributed by atoms with Crippen molar-refractivity contribution >= 4 is 5.91 Å². The third-order valence-electron chi connectivity index (χ3n) is 4.49. The molecule has 3 atom stereocenters. The van der Waals surface area contributed by atoms with Crippen molar-refractivity contribution in [2.45, 2.75) is 45.8 Å². The molecule has 1 aromatic rings. The van der Waals surface area contributed by atoms with Crippen molar-refractivity contribution in [2.24, 2.45) is 11.8 Å². The summed E-state index contributed by atoms with van der Waals surface area (Å²) in [6.07, 6.45) is 0.605. The molecule has 0 aliphatic carbocycles. The van der Waals surface area contributed by atoms with Gasteiger partial charge in [-0.2, -0.15) is 0 Å². The number of hydrogen-bond acceptors (Lipinski definition) is 3. The van der Waals surface area contributed by atoms with Gasteiger partial charge in [-0.3, -0.25) is 4.79 Å². The average molecular weight is 336 g/mol. The highest BCUT2D eigenvalue weighted by molar-refractivity contribution is 5.79. The van der Waals surface area contributed by atoms with Gasteiger partial charge in [0.05, 0.1) is 12.0 Å². The second kappa shape index (κ2) is 8.58. The first kappa shape index (κ1) is 18.9. The van der Waals surface area contributed by atoms with Crippen molar-refractivity contribution in [1.29, 1.82) is 0 Å². The number of carbonyl (C=O) groups excluding carboxylic acids is 1. The van der Waals surface area contributed by atoms with E-state index in [0.29, 0.717) is 17.9 Å². The van der Waals surface area contributed by atoms with Gasteiger partial charge in [-0.05, 0) is 49.9 Å². The fourth-order valence-electron chi connectivity index (χ4n) is 3.30. The molecule has 1 fully saturated rings. The number of amides is 1. The molecule has 0 bridgehead atoms. The molecule has 0 saturated carbocycles. The Morgan fingerprint density at radius 3 is 2.62 bits per heavy atom. The molecule has 4 nitrogen and oxygen atoms in total. The Balaban J connectivity index is 1.78. The summed E-state index contributed by atoms with van der Waals surface area (Å²) in [5.74, 6) is 0.394. The van der Waals surface area contributed by atoms with E-state index in [1.807, 2.05) is 6.92 Å². The highest BCUT2D eigenvalue weighted by atomic mass is 19.1. The molecule has 2 N–H and O–H groups in total. The van der Waals surface area contributed by atoms with E-state index < -0.39 is 6.10 Å². The number of halogens is 1. The summed E-state index contributed by atoms with van der Waals surface area (Å²) in [7, 11) is 0. The van der Waals surface area contributed by atoms with Crippen LogP contribution in [0.25, 0.3) is 0 Å². The van der Waals surface area contributed by atoms with Gasteiger partial charge in [0.2, 0.25) is 5.91 Å². The molecule has 1 aliphatic heterocycles. The molecule has 134 valence electrons. The SMILES string of the molecule is CC(C)CN1CCC(C(=O)NC(C)CC(O)c2ccc(F)cc2)C1. The zero-order valence-electron chi connectivity index (χ0n) is 14.8. The Hall–Kier alpha value is -1.46. The molecule has 0 radical (unpaired) electrons. The average Bonchev–Trinajstić information content (AvgIpc) is 2.95. The molecule has 1 heterocycles. The van der Waals surface area contributed by atoms with Crippen molar-refractivity contribution in [1.82, 2.24) is 10.2 Å². The largest absolute Gasteiger partial charge is 0.388 e. The van der Waals surface area contributed by atoms with Crippen LogP contribution < -0.4 is 5.32 Å². The summed E-state index contributed by atoms with van der Waals surface area (Å²) < 4.78 is 12.9. The Morgan fingerprint density at radius 1 is 1.33 bits per heavy atom. The lowest BCUT2D eigenvalue weighted by molar-refractivity contribution is -0.125. The Kier molecular flexibility index (Phi) is 6.75. The number of rotatable bonds is 7. The van der Waals surface area contributed by atoms with Crippen molar-refractivity contribution in [2.75, 3.05) is 19.6 Å². The molecule has 1 amide bonds. The van der Waals surface area contributed by atoms with E-state index in [0.717, 1.165) is 26.1 Å². The summed E-state index contributed by atoms with van der Waals surface area (Å²) >= 11 is 0. The second-order valence-corrected chi connectivity index (χ2v) is 7.35. The minimum absolute atomic E-state index is 0.0363. The predicted molar refractivity (Wildman–Crippen MR) is 93.0 cm³/mol. The quantitative estimate of drug-likeness (QED) is 0.805. The minimum Gasteiger partial charge on any atom is -0.388 e. The fourth-order valence-corrected chi connectivity index (χ4v) is 3.30. The van der Waals surface area contributed by atoms with Crippen molar-refractivity contribution in [3.05, 3.63) is 35.6 Å². The van der Waals surface area contributed by atoms with E-state index in [9.17, 15) is 14.3 Å². The highest BCUT2D eigenvalue weighted by Gasteiger charge is 2.29. The summed E-state index contributed by atoms with van der Waals surface area (Å²) in [5, 5.41) is 13.2. The first-order valence-electron chi connectivity index (χ1n) is 8.81. The molecule has 24 heavy (non-hydrogen) atoms. The maximum absolute atomic E-state index is 12.9. The van der Waals surface area contributed by atoms with E-state index in [-0.39, 0.29) is 23.7 Å². The maximum atomic E-state index is 12.9. The van der Waals surface area contributed by atoms with Crippen LogP contribution in [0.2, 0.25) is 0 Å². The van der Waals surface area contributed by atoms with Gasteiger partial charge in [-0.15, -0.1) is 0 Å². The number of aliphatic hydroxyl groups excluding tert-OH is 1. The van der Waals surface area contributed by atoms with Crippen molar-refractivity contribution < 1.29 is 14.3 Å².